The maximum Gasteiger partial charge on any atom is 0.336 e. The van der Waals surface area contributed by atoms with E-state index in [4.69, 9.17) is 4.74 Å². The second kappa shape index (κ2) is 10.2. The Morgan fingerprint density at radius 2 is 1.73 bits per heavy atom. The molecule has 0 saturated heterocycles. The summed E-state index contributed by atoms with van der Waals surface area (Å²) in [6, 6.07) is 15.2. The molecule has 4 heteroatoms. The Balaban J connectivity index is 1.60. The van der Waals surface area contributed by atoms with Gasteiger partial charge in [0.2, 0.25) is 0 Å². The minimum absolute atomic E-state index is 0.0838. The summed E-state index contributed by atoms with van der Waals surface area (Å²) in [6.45, 7) is 2.81. The third-order valence-electron chi connectivity index (χ3n) is 5.20. The van der Waals surface area contributed by atoms with Gasteiger partial charge in [-0.05, 0) is 81.3 Å². The van der Waals surface area contributed by atoms with Gasteiger partial charge in [0.25, 0.3) is 0 Å². The number of carbonyl (C=O) groups is 2. The molecule has 30 heavy (non-hydrogen) atoms. The van der Waals surface area contributed by atoms with Crippen molar-refractivity contribution >= 4 is 23.9 Å². The molecule has 1 aliphatic carbocycles. The number of esters is 1. The lowest BCUT2D eigenvalue weighted by atomic mass is 9.83. The Hall–Kier alpha value is -2.98. The lowest BCUT2D eigenvalue weighted by molar-refractivity contribution is -0.129. The molecule has 1 atom stereocenters. The topological polar surface area (TPSA) is 46.6 Å². The molecule has 1 aliphatic rings. The van der Waals surface area contributed by atoms with Crippen molar-refractivity contribution in [2.45, 2.75) is 26.2 Å². The van der Waals surface area contributed by atoms with Crippen LogP contribution in [-0.2, 0) is 9.59 Å². The number of benzene rings is 2. The van der Waals surface area contributed by atoms with Gasteiger partial charge in [-0.25, -0.2) is 4.79 Å². The molecule has 1 saturated carbocycles. The van der Waals surface area contributed by atoms with Crippen LogP contribution in [0.2, 0.25) is 0 Å². The van der Waals surface area contributed by atoms with Gasteiger partial charge in [0.15, 0.2) is 5.78 Å². The fourth-order valence-electron chi connectivity index (χ4n) is 3.64. The summed E-state index contributed by atoms with van der Waals surface area (Å²) in [4.78, 5) is 26.8. The Bertz CT molecular complexity index is 937. The monoisotopic (exact) mass is 403 g/mol. The van der Waals surface area contributed by atoms with Gasteiger partial charge in [0.1, 0.15) is 5.75 Å². The van der Waals surface area contributed by atoms with Crippen molar-refractivity contribution in [3.05, 3.63) is 76.9 Å². The van der Waals surface area contributed by atoms with Crippen LogP contribution >= 0.6 is 0 Å². The van der Waals surface area contributed by atoms with E-state index in [2.05, 4.69) is 4.90 Å². The molecule has 0 aromatic heterocycles. The second-order valence-corrected chi connectivity index (χ2v) is 8.12. The number of aryl methyl sites for hydroxylation is 1. The number of allylic oxidation sites excluding steroid dienone is 1. The van der Waals surface area contributed by atoms with E-state index in [1.165, 1.54) is 11.6 Å². The van der Waals surface area contributed by atoms with Gasteiger partial charge in [-0.1, -0.05) is 42.0 Å². The molecule has 0 spiro atoms. The average Bonchev–Trinajstić information content (AvgIpc) is 2.72. The molecule has 4 nitrogen and oxygen atoms in total. The minimum atomic E-state index is -0.421. The maximum atomic E-state index is 12.7. The predicted molar refractivity (Wildman–Crippen MR) is 121 cm³/mol. The quantitative estimate of drug-likeness (QED) is 0.390. The molecule has 2 aromatic rings. The van der Waals surface area contributed by atoms with Crippen LogP contribution < -0.4 is 4.74 Å². The molecule has 0 N–H and O–H groups in total. The van der Waals surface area contributed by atoms with E-state index >= 15 is 0 Å². The van der Waals surface area contributed by atoms with Crippen LogP contribution in [0, 0.1) is 12.8 Å². The highest BCUT2D eigenvalue weighted by Gasteiger charge is 2.26. The summed E-state index contributed by atoms with van der Waals surface area (Å²) in [5, 5.41) is 0. The standard InChI is InChI=1S/C26H29NO3/c1-19-7-9-20(10-8-19)13-16-25(28)30-24-14-11-21(12-15-24)17-22-5-4-6-23(26(22)29)18-27(2)3/h7-17,23H,4-6,18H2,1-3H3/b16-13+,22-17+. The van der Waals surface area contributed by atoms with Crippen molar-refractivity contribution in [3.63, 3.8) is 0 Å². The molecule has 1 fully saturated rings. The van der Waals surface area contributed by atoms with Gasteiger partial charge in [-0.2, -0.15) is 0 Å². The van der Waals surface area contributed by atoms with Crippen LogP contribution in [0.4, 0.5) is 0 Å². The van der Waals surface area contributed by atoms with E-state index < -0.39 is 5.97 Å². The number of hydrogen-bond donors (Lipinski definition) is 0. The number of carbonyl (C=O) groups excluding carboxylic acids is 2. The fourth-order valence-corrected chi connectivity index (χ4v) is 3.64. The molecular formula is C26H29NO3. The van der Waals surface area contributed by atoms with Crippen molar-refractivity contribution < 1.29 is 14.3 Å². The number of ether oxygens (including phenoxy) is 1. The van der Waals surface area contributed by atoms with Gasteiger partial charge in [-0.15, -0.1) is 0 Å². The molecule has 0 amide bonds. The summed E-state index contributed by atoms with van der Waals surface area (Å²) in [6.07, 6.45) is 7.94. The zero-order valence-electron chi connectivity index (χ0n) is 17.9. The molecule has 0 heterocycles. The van der Waals surface area contributed by atoms with Crippen molar-refractivity contribution in [2.75, 3.05) is 20.6 Å². The molecule has 156 valence electrons. The minimum Gasteiger partial charge on any atom is -0.423 e. The second-order valence-electron chi connectivity index (χ2n) is 8.12. The lowest BCUT2D eigenvalue weighted by Crippen LogP contribution is -2.31. The SMILES string of the molecule is Cc1ccc(/C=C/C(=O)Oc2ccc(/C=C3\CCCC(CN(C)C)C3=O)cc2)cc1. The molecular weight excluding hydrogens is 374 g/mol. The van der Waals surface area contributed by atoms with Gasteiger partial charge in [0.05, 0.1) is 0 Å². The predicted octanol–water partition coefficient (Wildman–Crippen LogP) is 4.93. The third-order valence-corrected chi connectivity index (χ3v) is 5.20. The van der Waals surface area contributed by atoms with Crippen molar-refractivity contribution in [2.24, 2.45) is 5.92 Å². The van der Waals surface area contributed by atoms with Gasteiger partial charge in [0, 0.05) is 18.5 Å². The van der Waals surface area contributed by atoms with E-state index in [-0.39, 0.29) is 11.7 Å². The van der Waals surface area contributed by atoms with Crippen molar-refractivity contribution in [3.8, 4) is 5.75 Å². The first kappa shape index (κ1) is 21.7. The largest absolute Gasteiger partial charge is 0.423 e. The Kier molecular flexibility index (Phi) is 7.36. The molecule has 2 aromatic carbocycles. The first-order valence-electron chi connectivity index (χ1n) is 10.4. The van der Waals surface area contributed by atoms with Crippen LogP contribution in [0.5, 0.6) is 5.75 Å². The summed E-state index contributed by atoms with van der Waals surface area (Å²) < 4.78 is 5.37. The van der Waals surface area contributed by atoms with E-state index in [9.17, 15) is 9.59 Å². The summed E-state index contributed by atoms with van der Waals surface area (Å²) in [5.41, 5.74) is 3.95. The van der Waals surface area contributed by atoms with E-state index in [0.717, 1.165) is 42.5 Å². The summed E-state index contributed by atoms with van der Waals surface area (Å²) >= 11 is 0. The fraction of sp³-hybridized carbons (Fsp3) is 0.308. The average molecular weight is 404 g/mol. The molecule has 0 aliphatic heterocycles. The van der Waals surface area contributed by atoms with Crippen LogP contribution in [-0.4, -0.2) is 37.3 Å². The van der Waals surface area contributed by atoms with E-state index in [1.54, 1.807) is 18.2 Å². The summed E-state index contributed by atoms with van der Waals surface area (Å²) in [5.74, 6) is 0.402. The lowest BCUT2D eigenvalue weighted by Gasteiger charge is -2.25. The molecule has 3 rings (SSSR count). The van der Waals surface area contributed by atoms with Crippen LogP contribution in [0.3, 0.4) is 0 Å². The molecule has 0 radical (unpaired) electrons. The van der Waals surface area contributed by atoms with Crippen molar-refractivity contribution in [1.29, 1.82) is 0 Å². The Labute approximate surface area is 178 Å². The number of nitrogens with zero attached hydrogens (tertiary/aromatic N) is 1. The molecule has 1 unspecified atom stereocenters. The number of rotatable bonds is 6. The smallest absolute Gasteiger partial charge is 0.336 e. The van der Waals surface area contributed by atoms with Gasteiger partial charge < -0.3 is 9.64 Å². The highest BCUT2D eigenvalue weighted by molar-refractivity contribution is 6.01. The van der Waals surface area contributed by atoms with Gasteiger partial charge in [-0.3, -0.25) is 4.79 Å². The zero-order valence-corrected chi connectivity index (χ0v) is 17.9. The first-order chi connectivity index (χ1) is 14.4. The number of hydrogen-bond acceptors (Lipinski definition) is 4. The van der Waals surface area contributed by atoms with Gasteiger partial charge >= 0.3 is 5.97 Å². The normalized spacial score (nSPS) is 18.3. The Morgan fingerprint density at radius 1 is 1.07 bits per heavy atom. The number of Topliss-reactive ketones (excluding diaryl/α,β-unsaturated/α-hetero) is 1. The van der Waals surface area contributed by atoms with E-state index in [1.807, 2.05) is 63.5 Å². The highest BCUT2D eigenvalue weighted by Crippen LogP contribution is 2.27. The molecule has 0 bridgehead atoms. The Morgan fingerprint density at radius 3 is 2.40 bits per heavy atom. The first-order valence-corrected chi connectivity index (χ1v) is 10.4. The highest BCUT2D eigenvalue weighted by atomic mass is 16.5. The van der Waals surface area contributed by atoms with Crippen LogP contribution in [0.1, 0.15) is 36.0 Å². The summed E-state index contributed by atoms with van der Waals surface area (Å²) in [7, 11) is 4.00. The van der Waals surface area contributed by atoms with Crippen molar-refractivity contribution in [1.82, 2.24) is 4.90 Å². The number of ketones is 1. The van der Waals surface area contributed by atoms with Crippen LogP contribution in [0.25, 0.3) is 12.2 Å². The maximum absolute atomic E-state index is 12.7. The third kappa shape index (κ3) is 6.26. The van der Waals surface area contributed by atoms with E-state index in [0.29, 0.717) is 5.75 Å². The van der Waals surface area contributed by atoms with Crippen LogP contribution in [0.15, 0.2) is 60.2 Å². The zero-order chi connectivity index (χ0) is 21.5.